The third kappa shape index (κ3) is 3.51. The second kappa shape index (κ2) is 6.27. The second-order valence-electron chi connectivity index (χ2n) is 4.72. The van der Waals surface area contributed by atoms with Gasteiger partial charge in [-0.05, 0) is 37.5 Å². The summed E-state index contributed by atoms with van der Waals surface area (Å²) in [4.78, 5) is 0. The topological polar surface area (TPSA) is 69.6 Å². The van der Waals surface area contributed by atoms with Crippen LogP contribution in [0.3, 0.4) is 0 Å². The molecule has 0 saturated carbocycles. The highest BCUT2D eigenvalue weighted by Gasteiger charge is 2.25. The lowest BCUT2D eigenvalue weighted by molar-refractivity contribution is 0.350. The number of rotatable bonds is 3. The van der Waals surface area contributed by atoms with E-state index in [9.17, 15) is 8.42 Å². The Balaban J connectivity index is 2.29. The molecule has 2 N–H and O–H groups in total. The number of nitrogens with one attached hydrogen (secondary N) is 1. The van der Waals surface area contributed by atoms with Gasteiger partial charge in [-0.2, -0.15) is 12.7 Å². The second-order valence-corrected chi connectivity index (χ2v) is 6.39. The molecule has 5 nitrogen and oxygen atoms in total. The maximum absolute atomic E-state index is 12.3. The average molecular weight is 294 g/mol. The fourth-order valence-corrected chi connectivity index (χ4v) is 3.43. The van der Waals surface area contributed by atoms with Crippen LogP contribution in [0.2, 0.25) is 0 Å². The van der Waals surface area contributed by atoms with Gasteiger partial charge in [0.25, 0.3) is 0 Å². The van der Waals surface area contributed by atoms with E-state index in [1.165, 1.54) is 4.31 Å². The summed E-state index contributed by atoms with van der Waals surface area (Å²) in [6, 6.07) is 5.35. The predicted octanol–water partition coefficient (Wildman–Crippen LogP) is 1.09. The van der Waals surface area contributed by atoms with Crippen LogP contribution in [-0.2, 0) is 10.2 Å². The normalized spacial score (nSPS) is 15.7. The fourth-order valence-electron chi connectivity index (χ4n) is 2.12. The molecule has 2 rings (SSSR count). The van der Waals surface area contributed by atoms with Gasteiger partial charge in [-0.15, -0.1) is 0 Å². The van der Waals surface area contributed by atoms with E-state index in [4.69, 9.17) is 5.11 Å². The molecule has 1 aromatic carbocycles. The summed E-state index contributed by atoms with van der Waals surface area (Å²) in [6.45, 7) is 2.74. The van der Waals surface area contributed by atoms with Gasteiger partial charge in [0.05, 0.1) is 5.69 Å². The molecular formula is C14H18N2O3S. The van der Waals surface area contributed by atoms with Gasteiger partial charge < -0.3 is 5.11 Å². The van der Waals surface area contributed by atoms with Gasteiger partial charge in [0, 0.05) is 18.7 Å². The van der Waals surface area contributed by atoms with Crippen molar-refractivity contribution in [3.8, 4) is 11.8 Å². The molecule has 1 heterocycles. The standard InChI is InChI=1S/C14H18N2O3S/c1-12-6-7-13(5-4-10-17)14(11-12)15-20(18,19)16-8-2-3-9-16/h6-7,11,15,17H,2-3,8-10H2,1H3. The van der Waals surface area contributed by atoms with Gasteiger partial charge in [0.2, 0.25) is 0 Å². The van der Waals surface area contributed by atoms with Crippen molar-refractivity contribution < 1.29 is 13.5 Å². The summed E-state index contributed by atoms with van der Waals surface area (Å²) in [5, 5.41) is 8.76. The summed E-state index contributed by atoms with van der Waals surface area (Å²) >= 11 is 0. The number of hydrogen-bond donors (Lipinski definition) is 2. The summed E-state index contributed by atoms with van der Waals surface area (Å²) in [5.41, 5.74) is 1.96. The summed E-state index contributed by atoms with van der Waals surface area (Å²) in [7, 11) is -3.52. The number of aliphatic hydroxyl groups is 1. The van der Waals surface area contributed by atoms with Gasteiger partial charge in [-0.25, -0.2) is 0 Å². The highest BCUT2D eigenvalue weighted by Crippen LogP contribution is 2.21. The summed E-state index contributed by atoms with van der Waals surface area (Å²) < 4.78 is 28.5. The van der Waals surface area contributed by atoms with Crippen LogP contribution in [0, 0.1) is 18.8 Å². The maximum atomic E-state index is 12.3. The van der Waals surface area contributed by atoms with E-state index < -0.39 is 10.2 Å². The van der Waals surface area contributed by atoms with Crippen molar-refractivity contribution in [3.05, 3.63) is 29.3 Å². The Kier molecular flexibility index (Phi) is 4.65. The zero-order valence-corrected chi connectivity index (χ0v) is 12.2. The Hall–Kier alpha value is -1.55. The van der Waals surface area contributed by atoms with E-state index in [0.717, 1.165) is 18.4 Å². The molecule has 0 bridgehead atoms. The van der Waals surface area contributed by atoms with Crippen LogP contribution in [0.25, 0.3) is 0 Å². The van der Waals surface area contributed by atoms with E-state index in [1.54, 1.807) is 12.1 Å². The molecule has 0 aliphatic carbocycles. The molecule has 1 aromatic rings. The lowest BCUT2D eigenvalue weighted by atomic mass is 10.1. The van der Waals surface area contributed by atoms with Crippen LogP contribution in [0.5, 0.6) is 0 Å². The van der Waals surface area contributed by atoms with Crippen LogP contribution in [-0.4, -0.2) is 37.5 Å². The van der Waals surface area contributed by atoms with Gasteiger partial charge >= 0.3 is 10.2 Å². The summed E-state index contributed by atoms with van der Waals surface area (Å²) in [6.07, 6.45) is 1.79. The minimum absolute atomic E-state index is 0.258. The predicted molar refractivity (Wildman–Crippen MR) is 78.5 cm³/mol. The van der Waals surface area contributed by atoms with E-state index in [1.807, 2.05) is 13.0 Å². The molecule has 0 aromatic heterocycles. The van der Waals surface area contributed by atoms with Crippen molar-refractivity contribution in [2.24, 2.45) is 0 Å². The molecule has 0 unspecified atom stereocenters. The number of hydrogen-bond acceptors (Lipinski definition) is 3. The van der Waals surface area contributed by atoms with Crippen molar-refractivity contribution in [2.75, 3.05) is 24.4 Å². The third-order valence-electron chi connectivity index (χ3n) is 3.12. The van der Waals surface area contributed by atoms with Crippen molar-refractivity contribution in [2.45, 2.75) is 19.8 Å². The molecule has 1 aliphatic heterocycles. The van der Waals surface area contributed by atoms with Gasteiger partial charge in [-0.1, -0.05) is 17.9 Å². The van der Waals surface area contributed by atoms with Crippen LogP contribution < -0.4 is 4.72 Å². The number of benzene rings is 1. The highest BCUT2D eigenvalue weighted by molar-refractivity contribution is 7.90. The number of anilines is 1. The molecule has 1 saturated heterocycles. The van der Waals surface area contributed by atoms with Crippen molar-refractivity contribution in [3.63, 3.8) is 0 Å². The van der Waals surface area contributed by atoms with Crippen LogP contribution in [0.15, 0.2) is 18.2 Å². The highest BCUT2D eigenvalue weighted by atomic mass is 32.2. The first kappa shape index (κ1) is 14.9. The first-order valence-corrected chi connectivity index (χ1v) is 7.95. The van der Waals surface area contributed by atoms with E-state index in [2.05, 4.69) is 16.6 Å². The zero-order chi connectivity index (χ0) is 14.6. The Morgan fingerprint density at radius 2 is 2.05 bits per heavy atom. The van der Waals surface area contributed by atoms with Crippen molar-refractivity contribution in [1.82, 2.24) is 4.31 Å². The zero-order valence-electron chi connectivity index (χ0n) is 11.4. The lowest BCUT2D eigenvalue weighted by Crippen LogP contribution is -2.33. The molecule has 0 atom stereocenters. The third-order valence-corrected chi connectivity index (χ3v) is 4.64. The average Bonchev–Trinajstić information content (AvgIpc) is 2.92. The van der Waals surface area contributed by atoms with E-state index >= 15 is 0 Å². The molecule has 6 heteroatoms. The van der Waals surface area contributed by atoms with Gasteiger partial charge in [0.15, 0.2) is 0 Å². The van der Waals surface area contributed by atoms with Crippen LogP contribution in [0.4, 0.5) is 5.69 Å². The molecule has 108 valence electrons. The van der Waals surface area contributed by atoms with E-state index in [0.29, 0.717) is 24.3 Å². The molecular weight excluding hydrogens is 276 g/mol. The monoisotopic (exact) mass is 294 g/mol. The fraction of sp³-hybridized carbons (Fsp3) is 0.429. The van der Waals surface area contributed by atoms with Crippen molar-refractivity contribution >= 4 is 15.9 Å². The van der Waals surface area contributed by atoms with Crippen molar-refractivity contribution in [1.29, 1.82) is 0 Å². The molecule has 0 amide bonds. The number of nitrogens with zero attached hydrogens (tertiary/aromatic N) is 1. The Morgan fingerprint density at radius 1 is 1.35 bits per heavy atom. The SMILES string of the molecule is Cc1ccc(C#CCO)c(NS(=O)(=O)N2CCCC2)c1. The Bertz CT molecular complexity index is 638. The van der Waals surface area contributed by atoms with Gasteiger partial charge in [0.1, 0.15) is 6.61 Å². The first-order valence-electron chi connectivity index (χ1n) is 6.51. The largest absolute Gasteiger partial charge is 0.384 e. The molecule has 1 aliphatic rings. The first-order chi connectivity index (χ1) is 9.53. The quantitative estimate of drug-likeness (QED) is 0.820. The molecule has 20 heavy (non-hydrogen) atoms. The molecule has 1 fully saturated rings. The molecule has 0 spiro atoms. The van der Waals surface area contributed by atoms with Crippen LogP contribution >= 0.6 is 0 Å². The summed E-state index contributed by atoms with van der Waals surface area (Å²) in [5.74, 6) is 5.29. The lowest BCUT2D eigenvalue weighted by Gasteiger charge is -2.18. The molecule has 0 radical (unpaired) electrons. The van der Waals surface area contributed by atoms with Gasteiger partial charge in [-0.3, -0.25) is 4.72 Å². The Morgan fingerprint density at radius 3 is 2.70 bits per heavy atom. The minimum atomic E-state index is -3.52. The Labute approximate surface area is 119 Å². The number of aliphatic hydroxyl groups excluding tert-OH is 1. The van der Waals surface area contributed by atoms with E-state index in [-0.39, 0.29) is 6.61 Å². The maximum Gasteiger partial charge on any atom is 0.301 e. The smallest absolute Gasteiger partial charge is 0.301 e. The van der Waals surface area contributed by atoms with Crippen LogP contribution in [0.1, 0.15) is 24.0 Å². The minimum Gasteiger partial charge on any atom is -0.384 e. The number of aryl methyl sites for hydroxylation is 1.